The van der Waals surface area contributed by atoms with E-state index >= 15 is 0 Å². The lowest BCUT2D eigenvalue weighted by atomic mass is 10.0. The average Bonchev–Trinajstić information content (AvgIpc) is 3.16. The molecule has 0 bridgehead atoms. The number of thiophene rings is 1. The van der Waals surface area contributed by atoms with Gasteiger partial charge >= 0.3 is 0 Å². The minimum Gasteiger partial charge on any atom is -0.394 e. The molecule has 0 amide bonds. The van der Waals surface area contributed by atoms with Crippen molar-refractivity contribution in [2.45, 2.75) is 35.0 Å². The molecule has 2 aromatic rings. The second-order valence-corrected chi connectivity index (χ2v) is 7.53. The first-order valence-corrected chi connectivity index (χ1v) is 9.27. The molecule has 0 radical (unpaired) electrons. The van der Waals surface area contributed by atoms with Crippen LogP contribution in [0.2, 0.25) is 0 Å². The van der Waals surface area contributed by atoms with Gasteiger partial charge in [0.25, 0.3) is 5.56 Å². The van der Waals surface area contributed by atoms with Crippen LogP contribution < -0.4 is 5.56 Å². The third-order valence-corrected chi connectivity index (χ3v) is 5.76. The zero-order chi connectivity index (χ0) is 18.8. The van der Waals surface area contributed by atoms with Crippen LogP contribution in [-0.4, -0.2) is 66.9 Å². The molecule has 1 saturated heterocycles. The molecule has 138 valence electrons. The fourth-order valence-electron chi connectivity index (χ4n) is 2.48. The fourth-order valence-corrected chi connectivity index (χ4v) is 4.21. The van der Waals surface area contributed by atoms with Gasteiger partial charge in [0.05, 0.1) is 11.5 Å². The molecule has 5 N–H and O–H groups in total. The summed E-state index contributed by atoms with van der Waals surface area (Å²) < 4.78 is 5.39. The van der Waals surface area contributed by atoms with E-state index < -0.39 is 42.0 Å². The van der Waals surface area contributed by atoms with Crippen molar-refractivity contribution in [3.8, 4) is 16.6 Å². The number of ether oxygens (including phenoxy) is 1. The topological polar surface area (TPSA) is 160 Å². The van der Waals surface area contributed by atoms with Crippen LogP contribution in [0, 0.1) is 11.3 Å². The number of nitrogens with zero attached hydrogens (tertiary/aromatic N) is 2. The molecule has 1 aliphatic rings. The lowest BCUT2D eigenvalue weighted by molar-refractivity contribution is -0.205. The Hall–Kier alpha value is -1.78. The zero-order valence-electron chi connectivity index (χ0n) is 13.1. The second-order valence-electron chi connectivity index (χ2n) is 5.50. The molecule has 3 heterocycles. The molecule has 0 unspecified atom stereocenters. The summed E-state index contributed by atoms with van der Waals surface area (Å²) in [7, 11) is 0. The number of aliphatic hydroxyl groups is 4. The Labute approximate surface area is 155 Å². The van der Waals surface area contributed by atoms with Crippen molar-refractivity contribution in [3.63, 3.8) is 0 Å². The molecule has 1 fully saturated rings. The zero-order valence-corrected chi connectivity index (χ0v) is 14.8. The van der Waals surface area contributed by atoms with Gasteiger partial charge in [-0.3, -0.25) is 4.79 Å². The third kappa shape index (κ3) is 3.53. The fraction of sp³-hybridized carbons (Fsp3) is 0.400. The maximum atomic E-state index is 12.2. The summed E-state index contributed by atoms with van der Waals surface area (Å²) in [4.78, 5) is 19.5. The summed E-state index contributed by atoms with van der Waals surface area (Å²) in [5.74, 6) is 0. The number of nitriles is 1. The number of hydrogen-bond acceptors (Lipinski definition) is 10. The van der Waals surface area contributed by atoms with E-state index in [0.29, 0.717) is 4.88 Å². The van der Waals surface area contributed by atoms with Crippen LogP contribution in [0.25, 0.3) is 10.6 Å². The summed E-state index contributed by atoms with van der Waals surface area (Å²) in [5, 5.41) is 50.1. The van der Waals surface area contributed by atoms with Gasteiger partial charge in [0.15, 0.2) is 5.16 Å². The van der Waals surface area contributed by atoms with Crippen molar-refractivity contribution in [1.82, 2.24) is 9.97 Å². The first-order chi connectivity index (χ1) is 12.5. The van der Waals surface area contributed by atoms with Crippen molar-refractivity contribution < 1.29 is 25.2 Å². The van der Waals surface area contributed by atoms with Gasteiger partial charge in [-0.05, 0) is 11.4 Å². The van der Waals surface area contributed by atoms with Crippen molar-refractivity contribution in [3.05, 3.63) is 33.4 Å². The van der Waals surface area contributed by atoms with Crippen molar-refractivity contribution in [1.29, 1.82) is 5.26 Å². The van der Waals surface area contributed by atoms with Crippen LogP contribution in [0.15, 0.2) is 27.5 Å². The maximum Gasteiger partial charge on any atom is 0.270 e. The predicted octanol–water partition coefficient (Wildman–Crippen LogP) is -0.738. The van der Waals surface area contributed by atoms with Crippen LogP contribution in [-0.2, 0) is 4.74 Å². The Bertz CT molecular complexity index is 863. The highest BCUT2D eigenvalue weighted by atomic mass is 32.2. The van der Waals surface area contributed by atoms with E-state index in [2.05, 4.69) is 9.97 Å². The Balaban J connectivity index is 1.93. The molecule has 11 heteroatoms. The number of aliphatic hydroxyl groups excluding tert-OH is 4. The van der Waals surface area contributed by atoms with Crippen LogP contribution >= 0.6 is 23.1 Å². The molecule has 0 spiro atoms. The van der Waals surface area contributed by atoms with Gasteiger partial charge in [-0.2, -0.15) is 5.26 Å². The SMILES string of the molecule is N#Cc1c(-c2cccs2)nc(S[C@H]2O[C@H](CO)[C@H](O)[C@H](O)[C@H]2O)[nH]c1=O. The van der Waals surface area contributed by atoms with Gasteiger partial charge in [-0.1, -0.05) is 17.8 Å². The first-order valence-electron chi connectivity index (χ1n) is 7.51. The lowest BCUT2D eigenvalue weighted by Gasteiger charge is -2.39. The molecule has 5 atom stereocenters. The largest absolute Gasteiger partial charge is 0.394 e. The highest BCUT2D eigenvalue weighted by molar-refractivity contribution is 7.99. The van der Waals surface area contributed by atoms with Gasteiger partial charge in [-0.15, -0.1) is 11.3 Å². The normalized spacial score (nSPS) is 28.7. The highest BCUT2D eigenvalue weighted by Gasteiger charge is 2.44. The molecule has 1 aliphatic heterocycles. The van der Waals surface area contributed by atoms with E-state index in [1.165, 1.54) is 11.3 Å². The number of rotatable bonds is 4. The van der Waals surface area contributed by atoms with E-state index in [1.54, 1.807) is 17.5 Å². The van der Waals surface area contributed by atoms with Crippen molar-refractivity contribution in [2.24, 2.45) is 0 Å². The van der Waals surface area contributed by atoms with Gasteiger partial charge in [0.1, 0.15) is 47.2 Å². The van der Waals surface area contributed by atoms with E-state index in [4.69, 9.17) is 4.74 Å². The highest BCUT2D eigenvalue weighted by Crippen LogP contribution is 2.33. The smallest absolute Gasteiger partial charge is 0.270 e. The number of nitrogens with one attached hydrogen (secondary N) is 1. The summed E-state index contributed by atoms with van der Waals surface area (Å²) in [6, 6.07) is 5.30. The number of thioether (sulfide) groups is 1. The maximum absolute atomic E-state index is 12.2. The molecule has 3 rings (SSSR count). The summed E-state index contributed by atoms with van der Waals surface area (Å²) in [6.45, 7) is -0.556. The molecular weight excluding hydrogens is 382 g/mol. The lowest BCUT2D eigenvalue weighted by Crippen LogP contribution is -2.57. The average molecular weight is 397 g/mol. The van der Waals surface area contributed by atoms with Crippen LogP contribution in [0.5, 0.6) is 0 Å². The monoisotopic (exact) mass is 397 g/mol. The third-order valence-electron chi connectivity index (χ3n) is 3.84. The molecule has 2 aromatic heterocycles. The first kappa shape index (κ1) is 19.0. The molecular formula is C15H15N3O6S2. The van der Waals surface area contributed by atoms with E-state index in [0.717, 1.165) is 11.8 Å². The Kier molecular flexibility index (Phi) is 5.73. The van der Waals surface area contributed by atoms with E-state index in [-0.39, 0.29) is 16.4 Å². The minimum atomic E-state index is -1.53. The number of aromatic amines is 1. The standard InChI is InChI=1S/C15H15N3O6S2/c16-4-6-9(8-2-1-3-25-8)17-15(18-13(6)23)26-14-12(22)11(21)10(20)7(5-19)24-14/h1-3,7,10-12,14,19-22H,5H2,(H,17,18,23)/t7-,10+,11+,12-,14-/m1/s1. The van der Waals surface area contributed by atoms with E-state index in [9.17, 15) is 30.5 Å². The Morgan fingerprint density at radius 1 is 1.35 bits per heavy atom. The number of H-pyrrole nitrogens is 1. The Morgan fingerprint density at radius 2 is 2.12 bits per heavy atom. The molecule has 9 nitrogen and oxygen atoms in total. The number of aromatic nitrogens is 2. The summed E-state index contributed by atoms with van der Waals surface area (Å²) in [6.07, 6.45) is -5.53. The number of hydrogen-bond donors (Lipinski definition) is 5. The molecule has 0 aromatic carbocycles. The molecule has 26 heavy (non-hydrogen) atoms. The van der Waals surface area contributed by atoms with Crippen LogP contribution in [0.3, 0.4) is 0 Å². The van der Waals surface area contributed by atoms with E-state index in [1.807, 2.05) is 6.07 Å². The van der Waals surface area contributed by atoms with Crippen LogP contribution in [0.1, 0.15) is 5.56 Å². The van der Waals surface area contributed by atoms with Gasteiger partial charge < -0.3 is 30.1 Å². The second kappa shape index (κ2) is 7.85. The van der Waals surface area contributed by atoms with Gasteiger partial charge in [-0.25, -0.2) is 4.98 Å². The van der Waals surface area contributed by atoms with Crippen molar-refractivity contribution >= 4 is 23.1 Å². The Morgan fingerprint density at radius 3 is 2.73 bits per heavy atom. The van der Waals surface area contributed by atoms with Gasteiger partial charge in [0, 0.05) is 0 Å². The molecule has 0 aliphatic carbocycles. The van der Waals surface area contributed by atoms with Crippen LogP contribution in [0.4, 0.5) is 0 Å². The van der Waals surface area contributed by atoms with Crippen molar-refractivity contribution in [2.75, 3.05) is 6.61 Å². The summed E-state index contributed by atoms with van der Waals surface area (Å²) >= 11 is 2.13. The summed E-state index contributed by atoms with van der Waals surface area (Å²) in [5.41, 5.74) is -1.65. The minimum absolute atomic E-state index is 0.0710. The molecule has 0 saturated carbocycles. The van der Waals surface area contributed by atoms with Gasteiger partial charge in [0.2, 0.25) is 0 Å². The predicted molar refractivity (Wildman–Crippen MR) is 92.5 cm³/mol. The quantitative estimate of drug-likeness (QED) is 0.419.